The molecule has 6 heteroatoms. The smallest absolute Gasteiger partial charge is 0.233 e. The van der Waals surface area contributed by atoms with Gasteiger partial charge in [0.15, 0.2) is 0 Å². The van der Waals surface area contributed by atoms with Crippen molar-refractivity contribution in [2.24, 2.45) is 0 Å². The molecule has 0 bridgehead atoms. The number of carbonyl (C=O) groups is 1. The van der Waals surface area contributed by atoms with Crippen molar-refractivity contribution in [3.63, 3.8) is 0 Å². The van der Waals surface area contributed by atoms with Gasteiger partial charge in [-0.05, 0) is 38.0 Å². The number of halogens is 1. The maximum atomic E-state index is 13.7. The molecule has 2 aromatic rings. The van der Waals surface area contributed by atoms with Gasteiger partial charge < -0.3 is 4.90 Å². The molecule has 0 aliphatic rings. The van der Waals surface area contributed by atoms with E-state index in [4.69, 9.17) is 0 Å². The van der Waals surface area contributed by atoms with E-state index in [1.165, 1.54) is 22.7 Å². The second-order valence-corrected chi connectivity index (χ2v) is 6.83. The van der Waals surface area contributed by atoms with Crippen molar-refractivity contribution in [3.8, 4) is 6.07 Å². The molecule has 0 aliphatic heterocycles. The molecule has 4 nitrogen and oxygen atoms in total. The largest absolute Gasteiger partial charge is 0.341 e. The number of benzene rings is 1. The summed E-state index contributed by atoms with van der Waals surface area (Å²) >= 11 is 1.24. The van der Waals surface area contributed by atoms with Crippen molar-refractivity contribution in [1.29, 1.82) is 5.26 Å². The maximum Gasteiger partial charge on any atom is 0.233 e. The van der Waals surface area contributed by atoms with E-state index in [0.29, 0.717) is 16.2 Å². The van der Waals surface area contributed by atoms with Gasteiger partial charge in [0.25, 0.3) is 0 Å². The van der Waals surface area contributed by atoms with Gasteiger partial charge >= 0.3 is 0 Å². The molecule has 1 heterocycles. The summed E-state index contributed by atoms with van der Waals surface area (Å²) in [7, 11) is 1.64. The van der Waals surface area contributed by atoms with E-state index in [1.807, 2.05) is 20.8 Å². The van der Waals surface area contributed by atoms with Crippen molar-refractivity contribution in [3.05, 3.63) is 58.0 Å². The molecule has 25 heavy (non-hydrogen) atoms. The number of amides is 1. The standard InChI is InChI=1S/C19H20FN3OS/c1-12-13(2)16(9-21)19(22-14(12)3)25-11-18(24)23(4)10-15-7-5-6-8-17(15)20/h5-8H,10-11H2,1-4H3. The molecule has 0 aliphatic carbocycles. The van der Waals surface area contributed by atoms with Crippen LogP contribution in [0.4, 0.5) is 4.39 Å². The van der Waals surface area contributed by atoms with Crippen molar-refractivity contribution in [1.82, 2.24) is 9.88 Å². The third-order valence-electron chi connectivity index (χ3n) is 4.20. The average molecular weight is 357 g/mol. The quantitative estimate of drug-likeness (QED) is 0.765. The molecule has 0 N–H and O–H groups in total. The molecule has 0 unspecified atom stereocenters. The van der Waals surface area contributed by atoms with Gasteiger partial charge in [0.1, 0.15) is 16.9 Å². The Kier molecular flexibility index (Phi) is 6.16. The van der Waals surface area contributed by atoms with E-state index in [9.17, 15) is 14.4 Å². The zero-order valence-electron chi connectivity index (χ0n) is 14.8. The number of nitrogens with zero attached hydrogens (tertiary/aromatic N) is 3. The molecule has 1 aromatic heterocycles. The summed E-state index contributed by atoms with van der Waals surface area (Å²) in [6.07, 6.45) is 0. The predicted molar refractivity (Wildman–Crippen MR) is 96.8 cm³/mol. The summed E-state index contributed by atoms with van der Waals surface area (Å²) in [5.41, 5.74) is 3.72. The molecule has 0 atom stereocenters. The van der Waals surface area contributed by atoms with Crippen molar-refractivity contribution >= 4 is 17.7 Å². The van der Waals surface area contributed by atoms with Gasteiger partial charge in [0.2, 0.25) is 5.91 Å². The van der Waals surface area contributed by atoms with Crippen LogP contribution in [0.2, 0.25) is 0 Å². The fraction of sp³-hybridized carbons (Fsp3) is 0.316. The summed E-state index contributed by atoms with van der Waals surface area (Å²) in [5.74, 6) is -0.322. The van der Waals surface area contributed by atoms with Crippen LogP contribution < -0.4 is 0 Å². The zero-order valence-corrected chi connectivity index (χ0v) is 15.6. The van der Waals surface area contributed by atoms with E-state index in [1.54, 1.807) is 25.2 Å². The van der Waals surface area contributed by atoms with Crippen LogP contribution in [0.15, 0.2) is 29.3 Å². The van der Waals surface area contributed by atoms with Gasteiger partial charge in [-0.15, -0.1) is 0 Å². The van der Waals surface area contributed by atoms with Gasteiger partial charge in [-0.2, -0.15) is 5.26 Å². The Hall–Kier alpha value is -2.39. The lowest BCUT2D eigenvalue weighted by atomic mass is 10.1. The number of pyridine rings is 1. The monoisotopic (exact) mass is 357 g/mol. The minimum absolute atomic E-state index is 0.144. The lowest BCUT2D eigenvalue weighted by Crippen LogP contribution is -2.28. The SMILES string of the molecule is Cc1nc(SCC(=O)N(C)Cc2ccccc2F)c(C#N)c(C)c1C. The van der Waals surface area contributed by atoms with Crippen LogP contribution in [0.1, 0.15) is 27.9 Å². The van der Waals surface area contributed by atoms with E-state index in [2.05, 4.69) is 11.1 Å². The minimum Gasteiger partial charge on any atom is -0.341 e. The van der Waals surface area contributed by atoms with Crippen LogP contribution in [0, 0.1) is 37.9 Å². The Morgan fingerprint density at radius 1 is 1.28 bits per heavy atom. The average Bonchev–Trinajstić information content (AvgIpc) is 2.59. The molecule has 0 saturated heterocycles. The van der Waals surface area contributed by atoms with Crippen LogP contribution >= 0.6 is 11.8 Å². The van der Waals surface area contributed by atoms with Crippen LogP contribution in [0.3, 0.4) is 0 Å². The first-order valence-electron chi connectivity index (χ1n) is 7.83. The minimum atomic E-state index is -0.326. The van der Waals surface area contributed by atoms with Gasteiger partial charge in [-0.25, -0.2) is 9.37 Å². The number of nitriles is 1. The lowest BCUT2D eigenvalue weighted by molar-refractivity contribution is -0.127. The van der Waals surface area contributed by atoms with E-state index in [-0.39, 0.29) is 24.0 Å². The van der Waals surface area contributed by atoms with Crippen molar-refractivity contribution in [2.75, 3.05) is 12.8 Å². The highest BCUT2D eigenvalue weighted by Crippen LogP contribution is 2.26. The van der Waals surface area contributed by atoms with Gasteiger partial charge in [-0.3, -0.25) is 4.79 Å². The number of carbonyl (C=O) groups excluding carboxylic acids is 1. The molecular formula is C19H20FN3OS. The van der Waals surface area contributed by atoms with Gasteiger partial charge in [0, 0.05) is 24.8 Å². The molecule has 0 spiro atoms. The van der Waals surface area contributed by atoms with E-state index < -0.39 is 0 Å². The van der Waals surface area contributed by atoms with Gasteiger partial charge in [0.05, 0.1) is 11.3 Å². The normalized spacial score (nSPS) is 10.4. The number of hydrogen-bond donors (Lipinski definition) is 0. The summed E-state index contributed by atoms with van der Waals surface area (Å²) in [5, 5.41) is 9.94. The molecule has 1 aromatic carbocycles. The predicted octanol–water partition coefficient (Wildman–Crippen LogP) is 3.77. The fourth-order valence-corrected chi connectivity index (χ4v) is 3.38. The molecule has 2 rings (SSSR count). The van der Waals surface area contributed by atoms with Gasteiger partial charge in [-0.1, -0.05) is 30.0 Å². The van der Waals surface area contributed by atoms with Crippen LogP contribution in [0.25, 0.3) is 0 Å². The molecule has 0 saturated carbocycles. The Morgan fingerprint density at radius 3 is 2.60 bits per heavy atom. The summed E-state index contributed by atoms with van der Waals surface area (Å²) < 4.78 is 13.7. The highest BCUT2D eigenvalue weighted by Gasteiger charge is 2.16. The number of thioether (sulfide) groups is 1. The second-order valence-electron chi connectivity index (χ2n) is 5.87. The Balaban J connectivity index is 2.08. The van der Waals surface area contributed by atoms with Crippen LogP contribution in [0.5, 0.6) is 0 Å². The summed E-state index contributed by atoms with van der Waals surface area (Å²) in [6.45, 7) is 5.91. The third-order valence-corrected chi connectivity index (χ3v) is 5.16. The first kappa shape index (κ1) is 18.9. The second kappa shape index (κ2) is 8.13. The van der Waals surface area contributed by atoms with Crippen LogP contribution in [-0.4, -0.2) is 28.6 Å². The first-order valence-corrected chi connectivity index (χ1v) is 8.81. The topological polar surface area (TPSA) is 57.0 Å². The highest BCUT2D eigenvalue weighted by atomic mass is 32.2. The third kappa shape index (κ3) is 4.37. The molecule has 1 amide bonds. The van der Waals surface area contributed by atoms with Crippen LogP contribution in [-0.2, 0) is 11.3 Å². The molecule has 0 fully saturated rings. The number of hydrogen-bond acceptors (Lipinski definition) is 4. The zero-order chi connectivity index (χ0) is 18.6. The fourth-order valence-electron chi connectivity index (χ4n) is 2.36. The Labute approximate surface area is 151 Å². The number of aryl methyl sites for hydroxylation is 1. The Bertz CT molecular complexity index is 845. The highest BCUT2D eigenvalue weighted by molar-refractivity contribution is 8.00. The molecular weight excluding hydrogens is 337 g/mol. The van der Waals surface area contributed by atoms with E-state index >= 15 is 0 Å². The lowest BCUT2D eigenvalue weighted by Gasteiger charge is -2.18. The summed E-state index contributed by atoms with van der Waals surface area (Å²) in [4.78, 5) is 18.3. The maximum absolute atomic E-state index is 13.7. The molecule has 0 radical (unpaired) electrons. The Morgan fingerprint density at radius 2 is 1.96 bits per heavy atom. The van der Waals surface area contributed by atoms with E-state index in [0.717, 1.165) is 16.8 Å². The van der Waals surface area contributed by atoms with Crippen molar-refractivity contribution < 1.29 is 9.18 Å². The first-order chi connectivity index (χ1) is 11.8. The molecule has 130 valence electrons. The van der Waals surface area contributed by atoms with Crippen molar-refractivity contribution in [2.45, 2.75) is 32.3 Å². The number of rotatable bonds is 5. The summed E-state index contributed by atoms with van der Waals surface area (Å²) in [6, 6.07) is 8.57. The number of aromatic nitrogens is 1.